The molecule has 1 atom stereocenters. The van der Waals surface area contributed by atoms with Gasteiger partial charge in [-0.2, -0.15) is 0 Å². The summed E-state index contributed by atoms with van der Waals surface area (Å²) in [5.41, 5.74) is 0. The van der Waals surface area contributed by atoms with Gasteiger partial charge in [0.1, 0.15) is 11.9 Å². The summed E-state index contributed by atoms with van der Waals surface area (Å²) >= 11 is 7.88. The monoisotopic (exact) mass is 380 g/mol. The van der Waals surface area contributed by atoms with Crippen LogP contribution in [0.1, 0.15) is 23.2 Å². The molecule has 1 aromatic carbocycles. The zero-order valence-electron chi connectivity index (χ0n) is 14.9. The Labute approximate surface area is 158 Å². The minimum atomic E-state index is 0.0139. The predicted octanol–water partition coefficient (Wildman–Crippen LogP) is 3.67. The van der Waals surface area contributed by atoms with Crippen LogP contribution < -0.4 is 15.4 Å². The van der Waals surface area contributed by atoms with Gasteiger partial charge in [-0.1, -0.05) is 30.7 Å². The van der Waals surface area contributed by atoms with Gasteiger partial charge in [-0.25, -0.2) is 4.98 Å². The molecule has 0 fully saturated rings. The number of rotatable bonds is 8. The number of thiazole rings is 1. The molecule has 1 unspecified atom stereocenters. The van der Waals surface area contributed by atoms with Crippen molar-refractivity contribution in [1.29, 1.82) is 0 Å². The molecule has 2 rings (SSSR count). The van der Waals surface area contributed by atoms with Gasteiger partial charge in [0.2, 0.25) is 0 Å². The molecule has 0 aliphatic heterocycles. The SMILES string of the molecule is CCC(CNC(=NC)NCCc1ncc(C)s1)Oc1ccccc1Cl. The first-order valence-electron chi connectivity index (χ1n) is 8.39. The van der Waals surface area contributed by atoms with Crippen molar-refractivity contribution in [3.8, 4) is 5.75 Å². The molecule has 25 heavy (non-hydrogen) atoms. The summed E-state index contributed by atoms with van der Waals surface area (Å²) in [5, 5.41) is 8.37. The summed E-state index contributed by atoms with van der Waals surface area (Å²) in [6.45, 7) is 5.59. The van der Waals surface area contributed by atoms with Crippen LogP contribution in [0.3, 0.4) is 0 Å². The Morgan fingerprint density at radius 3 is 2.80 bits per heavy atom. The van der Waals surface area contributed by atoms with Crippen LogP contribution in [0.15, 0.2) is 35.5 Å². The van der Waals surface area contributed by atoms with E-state index in [2.05, 4.69) is 34.5 Å². The van der Waals surface area contributed by atoms with Gasteiger partial charge in [0.25, 0.3) is 0 Å². The highest BCUT2D eigenvalue weighted by molar-refractivity contribution is 7.11. The molecule has 0 aliphatic rings. The van der Waals surface area contributed by atoms with Crippen LogP contribution in [0.25, 0.3) is 0 Å². The Balaban J connectivity index is 1.77. The minimum Gasteiger partial charge on any atom is -0.487 e. The number of benzene rings is 1. The fourth-order valence-corrected chi connectivity index (χ4v) is 3.19. The highest BCUT2D eigenvalue weighted by Crippen LogP contribution is 2.24. The summed E-state index contributed by atoms with van der Waals surface area (Å²) in [7, 11) is 1.76. The summed E-state index contributed by atoms with van der Waals surface area (Å²) < 4.78 is 5.98. The van der Waals surface area contributed by atoms with E-state index in [1.165, 1.54) is 4.88 Å². The van der Waals surface area contributed by atoms with E-state index in [1.54, 1.807) is 18.4 Å². The summed E-state index contributed by atoms with van der Waals surface area (Å²) in [6.07, 6.45) is 3.67. The third-order valence-electron chi connectivity index (χ3n) is 3.61. The Morgan fingerprint density at radius 1 is 1.36 bits per heavy atom. The van der Waals surface area contributed by atoms with Crippen LogP contribution >= 0.6 is 22.9 Å². The zero-order valence-corrected chi connectivity index (χ0v) is 16.5. The summed E-state index contributed by atoms with van der Waals surface area (Å²) in [5.74, 6) is 1.47. The Bertz CT molecular complexity index is 689. The van der Waals surface area contributed by atoms with Crippen molar-refractivity contribution in [1.82, 2.24) is 15.6 Å². The highest BCUT2D eigenvalue weighted by atomic mass is 35.5. The van der Waals surface area contributed by atoms with E-state index in [4.69, 9.17) is 16.3 Å². The summed E-state index contributed by atoms with van der Waals surface area (Å²) in [6, 6.07) is 7.53. The minimum absolute atomic E-state index is 0.0139. The second-order valence-electron chi connectivity index (χ2n) is 5.57. The molecule has 7 heteroatoms. The Morgan fingerprint density at radius 2 is 2.16 bits per heavy atom. The Hall–Kier alpha value is -1.79. The zero-order chi connectivity index (χ0) is 18.1. The van der Waals surface area contributed by atoms with Crippen molar-refractivity contribution in [2.24, 2.45) is 4.99 Å². The van der Waals surface area contributed by atoms with Crippen molar-refractivity contribution < 1.29 is 4.74 Å². The Kier molecular flexibility index (Phi) is 8.01. The van der Waals surface area contributed by atoms with Crippen LogP contribution in [-0.2, 0) is 6.42 Å². The van der Waals surface area contributed by atoms with Crippen molar-refractivity contribution >= 4 is 28.9 Å². The lowest BCUT2D eigenvalue weighted by molar-refractivity contribution is 0.199. The van der Waals surface area contributed by atoms with Crippen LogP contribution in [0.4, 0.5) is 0 Å². The number of aryl methyl sites for hydroxylation is 1. The lowest BCUT2D eigenvalue weighted by Crippen LogP contribution is -2.43. The number of nitrogens with zero attached hydrogens (tertiary/aromatic N) is 2. The molecule has 0 amide bonds. The lowest BCUT2D eigenvalue weighted by Gasteiger charge is -2.20. The van der Waals surface area contributed by atoms with Crippen molar-refractivity contribution in [2.75, 3.05) is 20.1 Å². The number of para-hydroxylation sites is 1. The van der Waals surface area contributed by atoms with Gasteiger partial charge in [0.15, 0.2) is 5.96 Å². The van der Waals surface area contributed by atoms with E-state index in [1.807, 2.05) is 30.5 Å². The summed E-state index contributed by atoms with van der Waals surface area (Å²) in [4.78, 5) is 9.85. The molecule has 2 aromatic rings. The predicted molar refractivity (Wildman–Crippen MR) is 106 cm³/mol. The molecule has 2 N–H and O–H groups in total. The molecule has 0 radical (unpaired) electrons. The molecule has 0 bridgehead atoms. The maximum atomic E-state index is 6.16. The smallest absolute Gasteiger partial charge is 0.191 e. The van der Waals surface area contributed by atoms with Crippen LogP contribution in [0.2, 0.25) is 5.02 Å². The first kappa shape index (κ1) is 19.5. The van der Waals surface area contributed by atoms with Gasteiger partial charge in [0, 0.05) is 31.1 Å². The van der Waals surface area contributed by atoms with E-state index in [9.17, 15) is 0 Å². The van der Waals surface area contributed by atoms with E-state index < -0.39 is 0 Å². The fraction of sp³-hybridized carbons (Fsp3) is 0.444. The molecule has 0 saturated carbocycles. The first-order chi connectivity index (χ1) is 12.1. The average molecular weight is 381 g/mol. The van der Waals surface area contributed by atoms with E-state index in [0.717, 1.165) is 30.4 Å². The molecular formula is C18H25ClN4OS. The number of aromatic nitrogens is 1. The fourth-order valence-electron chi connectivity index (χ4n) is 2.23. The number of nitrogens with one attached hydrogen (secondary N) is 2. The van der Waals surface area contributed by atoms with Crippen molar-refractivity contribution in [3.63, 3.8) is 0 Å². The van der Waals surface area contributed by atoms with Gasteiger partial charge in [-0.15, -0.1) is 11.3 Å². The first-order valence-corrected chi connectivity index (χ1v) is 9.58. The molecule has 1 heterocycles. The van der Waals surface area contributed by atoms with Gasteiger partial charge >= 0.3 is 0 Å². The van der Waals surface area contributed by atoms with E-state index in [-0.39, 0.29) is 6.10 Å². The lowest BCUT2D eigenvalue weighted by atomic mass is 10.2. The third kappa shape index (κ3) is 6.55. The van der Waals surface area contributed by atoms with Crippen LogP contribution in [0.5, 0.6) is 5.75 Å². The quantitative estimate of drug-likeness (QED) is 0.542. The number of halogens is 1. The normalized spacial score (nSPS) is 12.7. The maximum absolute atomic E-state index is 6.16. The topological polar surface area (TPSA) is 58.5 Å². The molecule has 1 aromatic heterocycles. The maximum Gasteiger partial charge on any atom is 0.191 e. The average Bonchev–Trinajstić information content (AvgIpc) is 3.03. The number of ether oxygens (including phenoxy) is 1. The highest BCUT2D eigenvalue weighted by Gasteiger charge is 2.11. The van der Waals surface area contributed by atoms with Gasteiger partial charge in [-0.05, 0) is 25.5 Å². The van der Waals surface area contributed by atoms with Gasteiger partial charge in [-0.3, -0.25) is 4.99 Å². The molecule has 5 nitrogen and oxygen atoms in total. The number of hydrogen-bond donors (Lipinski definition) is 2. The van der Waals surface area contributed by atoms with E-state index >= 15 is 0 Å². The number of guanidine groups is 1. The molecule has 0 aliphatic carbocycles. The van der Waals surface area contributed by atoms with Crippen molar-refractivity contribution in [3.05, 3.63) is 45.4 Å². The molecule has 136 valence electrons. The second-order valence-corrected chi connectivity index (χ2v) is 7.30. The van der Waals surface area contributed by atoms with E-state index in [0.29, 0.717) is 17.3 Å². The number of hydrogen-bond acceptors (Lipinski definition) is 4. The van der Waals surface area contributed by atoms with Gasteiger partial charge in [0.05, 0.1) is 16.6 Å². The largest absolute Gasteiger partial charge is 0.487 e. The van der Waals surface area contributed by atoms with Crippen molar-refractivity contribution in [2.45, 2.75) is 32.8 Å². The molecule has 0 spiro atoms. The third-order valence-corrected chi connectivity index (χ3v) is 4.89. The van der Waals surface area contributed by atoms with Gasteiger partial charge < -0.3 is 15.4 Å². The van der Waals surface area contributed by atoms with Crippen LogP contribution in [-0.4, -0.2) is 37.2 Å². The number of aliphatic imine (C=N–C) groups is 1. The molecular weight excluding hydrogens is 356 g/mol. The van der Waals surface area contributed by atoms with Crippen LogP contribution in [0, 0.1) is 6.92 Å². The second kappa shape index (κ2) is 10.3. The standard InChI is InChI=1S/C18H25ClN4OS/c1-4-14(24-16-8-6-5-7-15(16)19)12-23-18(20-3)21-10-9-17-22-11-13(2)25-17/h5-8,11,14H,4,9-10,12H2,1-3H3,(H2,20,21,23). The molecule has 0 saturated heterocycles.